The third-order valence-corrected chi connectivity index (χ3v) is 3.63. The zero-order valence-electron chi connectivity index (χ0n) is 10.3. The van der Waals surface area contributed by atoms with Crippen molar-refractivity contribution in [2.75, 3.05) is 6.26 Å². The summed E-state index contributed by atoms with van der Waals surface area (Å²) in [6, 6.07) is 11.6. The van der Waals surface area contributed by atoms with E-state index >= 15 is 0 Å². The molecule has 0 N–H and O–H groups in total. The van der Waals surface area contributed by atoms with Gasteiger partial charge in [-0.15, -0.1) is 11.8 Å². The van der Waals surface area contributed by atoms with Crippen molar-refractivity contribution in [2.45, 2.75) is 18.5 Å². The van der Waals surface area contributed by atoms with Crippen molar-refractivity contribution in [3.63, 3.8) is 0 Å². The van der Waals surface area contributed by atoms with Gasteiger partial charge < -0.3 is 4.57 Å². The highest BCUT2D eigenvalue weighted by molar-refractivity contribution is 7.98. The summed E-state index contributed by atoms with van der Waals surface area (Å²) in [5.74, 6) is 0. The molecule has 1 aromatic carbocycles. The summed E-state index contributed by atoms with van der Waals surface area (Å²) in [4.78, 5) is 10.7. The van der Waals surface area contributed by atoms with E-state index in [9.17, 15) is 10.1 Å². The molecule has 0 radical (unpaired) electrons. The second-order valence-electron chi connectivity index (χ2n) is 4.01. The van der Waals surface area contributed by atoms with E-state index in [1.54, 1.807) is 6.07 Å². The third kappa shape index (κ3) is 2.41. The fourth-order valence-corrected chi connectivity index (χ4v) is 2.72. The van der Waals surface area contributed by atoms with Crippen molar-refractivity contribution in [3.8, 4) is 0 Å². The van der Waals surface area contributed by atoms with E-state index in [1.807, 2.05) is 48.1 Å². The van der Waals surface area contributed by atoms with Crippen LogP contribution < -0.4 is 0 Å². The van der Waals surface area contributed by atoms with Crippen LogP contribution in [0, 0.1) is 17.0 Å². The van der Waals surface area contributed by atoms with Crippen molar-refractivity contribution in [1.82, 2.24) is 4.57 Å². The van der Waals surface area contributed by atoms with Crippen LogP contribution in [0.1, 0.15) is 11.3 Å². The molecule has 0 fully saturated rings. The third-order valence-electron chi connectivity index (χ3n) is 2.81. The van der Waals surface area contributed by atoms with E-state index in [4.69, 9.17) is 0 Å². The SMILES string of the molecule is CSc1c([N+](=O)[O-])cc(C)n1Cc1ccccc1. The number of hydrogen-bond acceptors (Lipinski definition) is 3. The number of rotatable bonds is 4. The second-order valence-corrected chi connectivity index (χ2v) is 4.80. The zero-order valence-corrected chi connectivity index (χ0v) is 11.1. The molecule has 2 aromatic rings. The fraction of sp³-hybridized carbons (Fsp3) is 0.231. The number of nitrogens with zero attached hydrogens (tertiary/aromatic N) is 2. The summed E-state index contributed by atoms with van der Waals surface area (Å²) in [7, 11) is 0. The van der Waals surface area contributed by atoms with Gasteiger partial charge in [-0.2, -0.15) is 0 Å². The van der Waals surface area contributed by atoms with E-state index in [-0.39, 0.29) is 10.6 Å². The monoisotopic (exact) mass is 262 g/mol. The first-order valence-corrected chi connectivity index (χ1v) is 6.78. The summed E-state index contributed by atoms with van der Waals surface area (Å²) in [6.07, 6.45) is 1.86. The molecule has 1 heterocycles. The Hall–Kier alpha value is -1.75. The number of aromatic nitrogens is 1. The Balaban J connectivity index is 2.41. The lowest BCUT2D eigenvalue weighted by atomic mass is 10.2. The van der Waals surface area contributed by atoms with Gasteiger partial charge in [-0.05, 0) is 18.7 Å². The van der Waals surface area contributed by atoms with Crippen LogP contribution in [-0.4, -0.2) is 15.7 Å². The first kappa shape index (κ1) is 12.7. The standard InChI is InChI=1S/C13H14N2O2S/c1-10-8-12(15(16)17)13(18-2)14(10)9-11-6-4-3-5-7-11/h3-8H,9H2,1-2H3. The Morgan fingerprint density at radius 3 is 2.56 bits per heavy atom. The van der Waals surface area contributed by atoms with Gasteiger partial charge in [0.1, 0.15) is 0 Å². The Morgan fingerprint density at radius 1 is 1.33 bits per heavy atom. The maximum atomic E-state index is 11.0. The first-order chi connectivity index (χ1) is 8.63. The van der Waals surface area contributed by atoms with E-state index in [0.717, 1.165) is 11.3 Å². The van der Waals surface area contributed by atoms with Crippen LogP contribution in [0.3, 0.4) is 0 Å². The molecule has 0 aliphatic heterocycles. The quantitative estimate of drug-likeness (QED) is 0.481. The molecule has 0 amide bonds. The highest BCUT2D eigenvalue weighted by atomic mass is 32.2. The number of aryl methyl sites for hydroxylation is 1. The predicted molar refractivity (Wildman–Crippen MR) is 73.1 cm³/mol. The van der Waals surface area contributed by atoms with Gasteiger partial charge in [0.25, 0.3) is 0 Å². The van der Waals surface area contributed by atoms with Crippen LogP contribution in [-0.2, 0) is 6.54 Å². The van der Waals surface area contributed by atoms with Crippen LogP contribution in [0.2, 0.25) is 0 Å². The van der Waals surface area contributed by atoms with Crippen molar-refractivity contribution < 1.29 is 4.92 Å². The maximum absolute atomic E-state index is 11.0. The fourth-order valence-electron chi connectivity index (χ4n) is 1.94. The smallest absolute Gasteiger partial charge is 0.301 e. The van der Waals surface area contributed by atoms with E-state index < -0.39 is 0 Å². The first-order valence-electron chi connectivity index (χ1n) is 5.56. The Bertz CT molecular complexity index is 564. The van der Waals surface area contributed by atoms with Gasteiger partial charge in [0.05, 0.1) is 4.92 Å². The highest BCUT2D eigenvalue weighted by Gasteiger charge is 2.20. The minimum Gasteiger partial charge on any atom is -0.330 e. The molecule has 0 aliphatic carbocycles. The maximum Gasteiger partial charge on any atom is 0.301 e. The number of benzene rings is 1. The highest BCUT2D eigenvalue weighted by Crippen LogP contribution is 2.31. The molecule has 1 aromatic heterocycles. The Labute approximate surface area is 110 Å². The molecule has 0 bridgehead atoms. The van der Waals surface area contributed by atoms with Crippen LogP contribution in [0.5, 0.6) is 0 Å². The minimum atomic E-state index is -0.319. The summed E-state index contributed by atoms with van der Waals surface area (Å²) >= 11 is 1.41. The minimum absolute atomic E-state index is 0.191. The summed E-state index contributed by atoms with van der Waals surface area (Å²) < 4.78 is 1.98. The summed E-state index contributed by atoms with van der Waals surface area (Å²) in [5.41, 5.74) is 2.24. The Kier molecular flexibility index (Phi) is 3.72. The molecule has 0 aliphatic rings. The normalized spacial score (nSPS) is 10.6. The Morgan fingerprint density at radius 2 is 2.00 bits per heavy atom. The molecule has 0 unspecified atom stereocenters. The number of hydrogen-bond donors (Lipinski definition) is 0. The van der Waals surface area contributed by atoms with Gasteiger partial charge >= 0.3 is 5.69 Å². The second kappa shape index (κ2) is 5.27. The molecule has 18 heavy (non-hydrogen) atoms. The largest absolute Gasteiger partial charge is 0.330 e. The lowest BCUT2D eigenvalue weighted by molar-refractivity contribution is -0.387. The van der Waals surface area contributed by atoms with Crippen LogP contribution in [0.25, 0.3) is 0 Å². The predicted octanol–water partition coefficient (Wildman–Crippen LogP) is 3.47. The van der Waals surface area contributed by atoms with Crippen molar-refractivity contribution in [3.05, 3.63) is 57.8 Å². The van der Waals surface area contributed by atoms with Crippen LogP contribution in [0.15, 0.2) is 41.4 Å². The average molecular weight is 262 g/mol. The molecule has 5 heteroatoms. The molecule has 0 atom stereocenters. The summed E-state index contributed by atoms with van der Waals surface area (Å²) in [5, 5.41) is 11.7. The van der Waals surface area contributed by atoms with Gasteiger partial charge in [0.2, 0.25) is 0 Å². The molecule has 0 saturated heterocycles. The number of nitro groups is 1. The van der Waals surface area contributed by atoms with E-state index in [0.29, 0.717) is 11.6 Å². The van der Waals surface area contributed by atoms with Gasteiger partial charge in [0, 0.05) is 18.3 Å². The van der Waals surface area contributed by atoms with Crippen molar-refractivity contribution >= 4 is 17.4 Å². The lowest BCUT2D eigenvalue weighted by Crippen LogP contribution is -2.03. The van der Waals surface area contributed by atoms with Gasteiger partial charge in [-0.25, -0.2) is 0 Å². The average Bonchev–Trinajstić information content (AvgIpc) is 2.68. The van der Waals surface area contributed by atoms with Crippen molar-refractivity contribution in [1.29, 1.82) is 0 Å². The summed E-state index contributed by atoms with van der Waals surface area (Å²) in [6.45, 7) is 2.56. The molecule has 0 spiro atoms. The molecule has 0 saturated carbocycles. The topological polar surface area (TPSA) is 48.1 Å². The van der Waals surface area contributed by atoms with E-state index in [1.165, 1.54) is 11.8 Å². The molecule has 4 nitrogen and oxygen atoms in total. The van der Waals surface area contributed by atoms with Crippen molar-refractivity contribution in [2.24, 2.45) is 0 Å². The lowest BCUT2D eigenvalue weighted by Gasteiger charge is -2.09. The van der Waals surface area contributed by atoms with Gasteiger partial charge in [-0.3, -0.25) is 10.1 Å². The van der Waals surface area contributed by atoms with Gasteiger partial charge in [-0.1, -0.05) is 30.3 Å². The number of thioether (sulfide) groups is 1. The molecular weight excluding hydrogens is 248 g/mol. The van der Waals surface area contributed by atoms with Crippen LogP contribution in [0.4, 0.5) is 5.69 Å². The van der Waals surface area contributed by atoms with Gasteiger partial charge in [0.15, 0.2) is 5.03 Å². The molecule has 94 valence electrons. The molecular formula is C13H14N2O2S. The zero-order chi connectivity index (χ0) is 13.1. The van der Waals surface area contributed by atoms with E-state index in [2.05, 4.69) is 0 Å². The molecule has 2 rings (SSSR count). The van der Waals surface area contributed by atoms with Crippen LogP contribution >= 0.6 is 11.8 Å².